The number of aryl methyl sites for hydroxylation is 2. The fraction of sp³-hybridized carbons (Fsp3) is 0.357. The molecule has 1 aromatic rings. The fourth-order valence-electron chi connectivity index (χ4n) is 1.98. The number of amides is 2. The van der Waals surface area contributed by atoms with E-state index in [4.69, 9.17) is 5.26 Å². The predicted molar refractivity (Wildman–Crippen MR) is 78.7 cm³/mol. The zero-order valence-electron chi connectivity index (χ0n) is 12.0. The van der Waals surface area contributed by atoms with Gasteiger partial charge in [0, 0.05) is 11.4 Å². The fourth-order valence-corrected chi connectivity index (χ4v) is 2.93. The topological polar surface area (TPSA) is 86.4 Å². The molecule has 0 N–H and O–H groups in total. The van der Waals surface area contributed by atoms with Gasteiger partial charge in [0.05, 0.1) is 17.7 Å². The van der Waals surface area contributed by atoms with Gasteiger partial charge in [0.15, 0.2) is 0 Å². The van der Waals surface area contributed by atoms with E-state index in [0.29, 0.717) is 16.3 Å². The summed E-state index contributed by atoms with van der Waals surface area (Å²) in [5.41, 5.74) is 2.70. The summed E-state index contributed by atoms with van der Waals surface area (Å²) in [7, 11) is 0. The highest BCUT2D eigenvalue weighted by Gasteiger charge is 2.27. The Morgan fingerprint density at radius 1 is 1.48 bits per heavy atom. The molecule has 0 saturated heterocycles. The number of nitrogens with zero attached hydrogens (tertiary/aromatic N) is 4. The normalized spacial score (nSPS) is 14.1. The number of carbonyl (C=O) groups is 2. The van der Waals surface area contributed by atoms with Crippen LogP contribution >= 0.6 is 11.8 Å². The molecule has 6 nitrogen and oxygen atoms in total. The van der Waals surface area contributed by atoms with Gasteiger partial charge in [-0.25, -0.2) is 4.98 Å². The van der Waals surface area contributed by atoms with Crippen molar-refractivity contribution < 1.29 is 9.59 Å². The first kappa shape index (κ1) is 15.2. The molecule has 7 heteroatoms. The highest BCUT2D eigenvalue weighted by atomic mass is 32.2. The smallest absolute Gasteiger partial charge is 0.260 e. The number of carbonyl (C=O) groups excluding carboxylic acids is 2. The van der Waals surface area contributed by atoms with Gasteiger partial charge in [0.2, 0.25) is 0 Å². The van der Waals surface area contributed by atoms with E-state index in [-0.39, 0.29) is 18.1 Å². The molecule has 2 heterocycles. The second-order valence-corrected chi connectivity index (χ2v) is 5.74. The molecule has 0 fully saturated rings. The van der Waals surface area contributed by atoms with Crippen LogP contribution in [-0.4, -0.2) is 33.3 Å². The molecular formula is C14H14N4O2S. The molecule has 0 saturated carbocycles. The number of rotatable bonds is 3. The van der Waals surface area contributed by atoms with Gasteiger partial charge in [-0.2, -0.15) is 15.4 Å². The van der Waals surface area contributed by atoms with Crippen molar-refractivity contribution in [3.63, 3.8) is 0 Å². The number of hydrazone groups is 1. The minimum absolute atomic E-state index is 0.0209. The molecule has 0 spiro atoms. The van der Waals surface area contributed by atoms with Crippen LogP contribution in [0.25, 0.3) is 0 Å². The second kappa shape index (κ2) is 6.06. The van der Waals surface area contributed by atoms with Crippen LogP contribution in [0.2, 0.25) is 0 Å². The molecule has 0 atom stereocenters. The van der Waals surface area contributed by atoms with Gasteiger partial charge >= 0.3 is 0 Å². The summed E-state index contributed by atoms with van der Waals surface area (Å²) in [5, 5.41) is 14.5. The van der Waals surface area contributed by atoms with Crippen molar-refractivity contribution >= 4 is 29.3 Å². The Morgan fingerprint density at radius 3 is 2.76 bits per heavy atom. The number of pyridine rings is 1. The summed E-state index contributed by atoms with van der Waals surface area (Å²) in [5.74, 6) is -0.689. The van der Waals surface area contributed by atoms with Crippen LogP contribution in [0.3, 0.4) is 0 Å². The van der Waals surface area contributed by atoms with E-state index in [1.165, 1.54) is 0 Å². The molecule has 108 valence electrons. The van der Waals surface area contributed by atoms with Gasteiger partial charge in [-0.1, -0.05) is 11.8 Å². The third kappa shape index (κ3) is 3.28. The Morgan fingerprint density at radius 2 is 2.19 bits per heavy atom. The Bertz CT molecular complexity index is 691. The molecule has 1 aliphatic heterocycles. The van der Waals surface area contributed by atoms with Crippen LogP contribution in [0.1, 0.15) is 30.2 Å². The molecule has 2 rings (SSSR count). The summed E-state index contributed by atoms with van der Waals surface area (Å²) in [4.78, 5) is 27.9. The van der Waals surface area contributed by atoms with Crippen molar-refractivity contribution in [3.8, 4) is 6.07 Å². The minimum Gasteiger partial charge on any atom is -0.272 e. The van der Waals surface area contributed by atoms with E-state index in [1.807, 2.05) is 19.9 Å². The molecule has 0 aromatic carbocycles. The highest BCUT2D eigenvalue weighted by molar-refractivity contribution is 8.00. The van der Waals surface area contributed by atoms with Gasteiger partial charge in [0.25, 0.3) is 11.8 Å². The first-order valence-corrected chi connectivity index (χ1v) is 7.32. The Balaban J connectivity index is 2.12. The lowest BCUT2D eigenvalue weighted by molar-refractivity contribution is -0.141. The first-order valence-electron chi connectivity index (χ1n) is 6.33. The van der Waals surface area contributed by atoms with E-state index in [2.05, 4.69) is 16.2 Å². The van der Waals surface area contributed by atoms with Crippen LogP contribution in [0.5, 0.6) is 0 Å². The van der Waals surface area contributed by atoms with Crippen molar-refractivity contribution in [2.45, 2.75) is 32.2 Å². The summed E-state index contributed by atoms with van der Waals surface area (Å²) < 4.78 is 0. The summed E-state index contributed by atoms with van der Waals surface area (Å²) >= 11 is 1.15. The summed E-state index contributed by atoms with van der Waals surface area (Å²) in [6.45, 7) is 5.37. The van der Waals surface area contributed by atoms with Crippen molar-refractivity contribution in [1.29, 1.82) is 5.26 Å². The largest absolute Gasteiger partial charge is 0.272 e. The average Bonchev–Trinajstić information content (AvgIpc) is 2.74. The summed E-state index contributed by atoms with van der Waals surface area (Å²) in [6, 6.07) is 3.92. The quantitative estimate of drug-likeness (QED) is 0.795. The molecule has 2 amide bonds. The lowest BCUT2D eigenvalue weighted by Crippen LogP contribution is -2.29. The van der Waals surface area contributed by atoms with Gasteiger partial charge in [-0.05, 0) is 32.4 Å². The van der Waals surface area contributed by atoms with Crippen LogP contribution in [0.4, 0.5) is 0 Å². The number of hydrogen-bond acceptors (Lipinski definition) is 6. The number of hydrogen-bond donors (Lipinski definition) is 0. The molecule has 0 radical (unpaired) electrons. The van der Waals surface area contributed by atoms with Crippen LogP contribution in [-0.2, 0) is 9.59 Å². The van der Waals surface area contributed by atoms with Crippen molar-refractivity contribution in [1.82, 2.24) is 9.99 Å². The van der Waals surface area contributed by atoms with Gasteiger partial charge in [-0.3, -0.25) is 9.59 Å². The standard InChI is InChI=1S/C14H14N4O2S/c1-8-4-9(2)16-14(11(8)6-15)21-7-13(20)18-12(19)5-10(3)17-18/h4H,5,7H2,1-3H3. The number of imide groups is 1. The lowest BCUT2D eigenvalue weighted by atomic mass is 10.1. The molecule has 1 aromatic heterocycles. The van der Waals surface area contributed by atoms with Gasteiger partial charge in [0.1, 0.15) is 11.1 Å². The van der Waals surface area contributed by atoms with E-state index in [9.17, 15) is 9.59 Å². The first-order chi connectivity index (χ1) is 9.92. The van der Waals surface area contributed by atoms with Crippen LogP contribution in [0, 0.1) is 25.2 Å². The van der Waals surface area contributed by atoms with Crippen LogP contribution < -0.4 is 0 Å². The molecule has 0 aliphatic carbocycles. The van der Waals surface area contributed by atoms with Crippen molar-refractivity contribution in [2.75, 3.05) is 5.75 Å². The van der Waals surface area contributed by atoms with Crippen molar-refractivity contribution in [2.24, 2.45) is 5.10 Å². The van der Waals surface area contributed by atoms with Crippen LogP contribution in [0.15, 0.2) is 16.2 Å². The molecule has 0 unspecified atom stereocenters. The average molecular weight is 302 g/mol. The maximum atomic E-state index is 12.0. The molecule has 1 aliphatic rings. The zero-order valence-corrected chi connectivity index (χ0v) is 12.8. The SMILES string of the molecule is CC1=NN(C(=O)CSc2nc(C)cc(C)c2C#N)C(=O)C1. The third-order valence-corrected chi connectivity index (χ3v) is 3.87. The zero-order chi connectivity index (χ0) is 15.6. The van der Waals surface area contributed by atoms with E-state index >= 15 is 0 Å². The Hall–Kier alpha value is -2.20. The molecule has 21 heavy (non-hydrogen) atoms. The maximum Gasteiger partial charge on any atom is 0.260 e. The Kier molecular flexibility index (Phi) is 4.38. The predicted octanol–water partition coefficient (Wildman–Crippen LogP) is 1.80. The highest BCUT2D eigenvalue weighted by Crippen LogP contribution is 2.24. The lowest BCUT2D eigenvalue weighted by Gasteiger charge is -2.10. The van der Waals surface area contributed by atoms with Gasteiger partial charge in [-0.15, -0.1) is 0 Å². The maximum absolute atomic E-state index is 12.0. The molecule has 0 bridgehead atoms. The second-order valence-electron chi connectivity index (χ2n) is 4.77. The number of thioether (sulfide) groups is 1. The monoisotopic (exact) mass is 302 g/mol. The van der Waals surface area contributed by atoms with Gasteiger partial charge < -0.3 is 0 Å². The molecular weight excluding hydrogens is 288 g/mol. The van der Waals surface area contributed by atoms with E-state index in [0.717, 1.165) is 28.0 Å². The number of nitriles is 1. The minimum atomic E-state index is -0.397. The third-order valence-electron chi connectivity index (χ3n) is 2.91. The van der Waals surface area contributed by atoms with E-state index in [1.54, 1.807) is 6.92 Å². The Labute approximate surface area is 126 Å². The van der Waals surface area contributed by atoms with Crippen molar-refractivity contribution in [3.05, 3.63) is 22.9 Å². The summed E-state index contributed by atoms with van der Waals surface area (Å²) in [6.07, 6.45) is 0.182. The number of aromatic nitrogens is 1. The van der Waals surface area contributed by atoms with E-state index < -0.39 is 5.91 Å².